The molecule has 0 N–H and O–H groups in total. The molecule has 6 heteroatoms. The molecule has 1 rings (SSSR count). The van der Waals surface area contributed by atoms with Gasteiger partial charge >= 0.3 is 6.61 Å². The Bertz CT molecular complexity index is 296. The Balaban J connectivity index is 2.92. The van der Waals surface area contributed by atoms with E-state index in [0.29, 0.717) is 3.70 Å². The molecule has 0 amide bonds. The minimum atomic E-state index is -2.87. The Morgan fingerprint density at radius 1 is 1.46 bits per heavy atom. The van der Waals surface area contributed by atoms with Crippen molar-refractivity contribution in [3.05, 3.63) is 15.8 Å². The van der Waals surface area contributed by atoms with Gasteiger partial charge in [-0.2, -0.15) is 8.78 Å². The number of aromatic nitrogens is 1. The summed E-state index contributed by atoms with van der Waals surface area (Å²) < 4.78 is 33.2. The van der Waals surface area contributed by atoms with Crippen molar-refractivity contribution in [2.45, 2.75) is 6.61 Å². The predicted octanol–water partition coefficient (Wildman–Crippen LogP) is 2.30. The van der Waals surface area contributed by atoms with Crippen molar-refractivity contribution in [3.63, 3.8) is 0 Å². The summed E-state index contributed by atoms with van der Waals surface area (Å²) in [5, 5.41) is 0. The molecule has 1 aromatic rings. The number of alkyl halides is 2. The zero-order chi connectivity index (χ0) is 9.84. The Hall–Kier alpha value is -0.660. The normalized spacial score (nSPS) is 10.2. The van der Waals surface area contributed by atoms with Gasteiger partial charge in [0.15, 0.2) is 5.75 Å². The quantitative estimate of drug-likeness (QED) is 0.634. The first-order chi connectivity index (χ1) is 6.13. The van der Waals surface area contributed by atoms with Gasteiger partial charge in [0.25, 0.3) is 5.88 Å². The largest absolute Gasteiger partial charge is 0.478 e. The van der Waals surface area contributed by atoms with Crippen molar-refractivity contribution in [1.82, 2.24) is 4.98 Å². The second-order valence-corrected chi connectivity index (χ2v) is 3.13. The van der Waals surface area contributed by atoms with Crippen molar-refractivity contribution in [2.24, 2.45) is 0 Å². The monoisotopic (exact) mass is 301 g/mol. The molecule has 0 aromatic carbocycles. The Morgan fingerprint density at radius 2 is 2.15 bits per heavy atom. The molecule has 72 valence electrons. The van der Waals surface area contributed by atoms with Crippen molar-refractivity contribution in [3.8, 4) is 11.6 Å². The maximum absolute atomic E-state index is 11.8. The number of pyridine rings is 1. The van der Waals surface area contributed by atoms with Crippen LogP contribution in [0.3, 0.4) is 0 Å². The average molecular weight is 301 g/mol. The average Bonchev–Trinajstić information content (AvgIpc) is 2.07. The van der Waals surface area contributed by atoms with E-state index in [0.717, 1.165) is 0 Å². The zero-order valence-electron chi connectivity index (χ0n) is 6.63. The summed E-state index contributed by atoms with van der Waals surface area (Å²) in [6.07, 6.45) is 0. The summed E-state index contributed by atoms with van der Waals surface area (Å²) >= 11 is 1.94. The van der Waals surface area contributed by atoms with Gasteiger partial charge in [-0.15, -0.1) is 0 Å². The first-order valence-corrected chi connectivity index (χ1v) is 4.36. The van der Waals surface area contributed by atoms with E-state index in [1.807, 2.05) is 22.6 Å². The summed E-state index contributed by atoms with van der Waals surface area (Å²) in [6.45, 7) is -2.87. The van der Waals surface area contributed by atoms with Crippen molar-refractivity contribution in [2.75, 3.05) is 7.11 Å². The van der Waals surface area contributed by atoms with Crippen LogP contribution in [0.1, 0.15) is 0 Å². The fourth-order valence-corrected chi connectivity index (χ4v) is 1.14. The van der Waals surface area contributed by atoms with Crippen molar-refractivity contribution >= 4 is 22.6 Å². The molecule has 3 nitrogen and oxygen atoms in total. The third-order valence-corrected chi connectivity index (χ3v) is 1.80. The Morgan fingerprint density at radius 3 is 2.69 bits per heavy atom. The molecule has 0 aliphatic heterocycles. The van der Waals surface area contributed by atoms with E-state index in [1.54, 1.807) is 6.07 Å². The standard InChI is InChI=1S/C7H6F2INO2/c1-12-6-4(13-7(8)9)2-3-5(10)11-6/h2-3,7H,1H3. The lowest BCUT2D eigenvalue weighted by atomic mass is 10.4. The van der Waals surface area contributed by atoms with Crippen LogP contribution in [-0.2, 0) is 0 Å². The van der Waals surface area contributed by atoms with Gasteiger partial charge in [0, 0.05) is 0 Å². The molecule has 0 saturated heterocycles. The highest BCUT2D eigenvalue weighted by atomic mass is 127. The summed E-state index contributed by atoms with van der Waals surface area (Å²) in [5.41, 5.74) is 0. The molecule has 0 spiro atoms. The molecule has 0 aliphatic carbocycles. The topological polar surface area (TPSA) is 31.4 Å². The van der Waals surface area contributed by atoms with Gasteiger partial charge in [0.2, 0.25) is 0 Å². The molecule has 0 aliphatic rings. The van der Waals surface area contributed by atoms with Gasteiger partial charge in [0.05, 0.1) is 7.11 Å². The maximum atomic E-state index is 11.8. The van der Waals surface area contributed by atoms with Crippen LogP contribution >= 0.6 is 22.6 Å². The lowest BCUT2D eigenvalue weighted by molar-refractivity contribution is -0.0515. The Labute approximate surface area is 87.2 Å². The van der Waals surface area contributed by atoms with E-state index < -0.39 is 6.61 Å². The summed E-state index contributed by atoms with van der Waals surface area (Å²) in [5.74, 6) is 0.00474. The third-order valence-electron chi connectivity index (χ3n) is 1.20. The number of rotatable bonds is 3. The van der Waals surface area contributed by atoms with E-state index in [4.69, 9.17) is 4.74 Å². The van der Waals surface area contributed by atoms with E-state index in [1.165, 1.54) is 13.2 Å². The molecule has 0 fully saturated rings. The predicted molar refractivity (Wildman–Crippen MR) is 50.1 cm³/mol. The van der Waals surface area contributed by atoms with Crippen LogP contribution in [0, 0.1) is 3.70 Å². The van der Waals surface area contributed by atoms with E-state index >= 15 is 0 Å². The molecule has 1 aromatic heterocycles. The highest BCUT2D eigenvalue weighted by molar-refractivity contribution is 14.1. The minimum absolute atomic E-state index is 0.0575. The van der Waals surface area contributed by atoms with Crippen LogP contribution < -0.4 is 9.47 Å². The van der Waals surface area contributed by atoms with Gasteiger partial charge in [-0.25, -0.2) is 4.98 Å². The smallest absolute Gasteiger partial charge is 0.387 e. The first-order valence-electron chi connectivity index (χ1n) is 3.29. The van der Waals surface area contributed by atoms with E-state index in [2.05, 4.69) is 9.72 Å². The van der Waals surface area contributed by atoms with Gasteiger partial charge in [-0.1, -0.05) is 0 Å². The molecule has 0 bridgehead atoms. The lowest BCUT2D eigenvalue weighted by Crippen LogP contribution is -2.04. The van der Waals surface area contributed by atoms with Crippen LogP contribution in [0.5, 0.6) is 11.6 Å². The van der Waals surface area contributed by atoms with Crippen LogP contribution in [0.4, 0.5) is 8.78 Å². The van der Waals surface area contributed by atoms with Crippen LogP contribution in [-0.4, -0.2) is 18.7 Å². The lowest BCUT2D eigenvalue weighted by Gasteiger charge is -2.07. The summed E-state index contributed by atoms with van der Waals surface area (Å²) in [4.78, 5) is 3.85. The molecule has 0 unspecified atom stereocenters. The highest BCUT2D eigenvalue weighted by Gasteiger charge is 2.11. The van der Waals surface area contributed by atoms with Crippen LogP contribution in [0.25, 0.3) is 0 Å². The number of hydrogen-bond donors (Lipinski definition) is 0. The second-order valence-electron chi connectivity index (χ2n) is 2.02. The third kappa shape index (κ3) is 2.94. The van der Waals surface area contributed by atoms with Gasteiger partial charge in [-0.3, -0.25) is 0 Å². The molecule has 13 heavy (non-hydrogen) atoms. The summed E-state index contributed by atoms with van der Waals surface area (Å²) in [6, 6.07) is 2.94. The molecule has 0 saturated carbocycles. The summed E-state index contributed by atoms with van der Waals surface area (Å²) in [7, 11) is 1.34. The number of nitrogens with zero attached hydrogens (tertiary/aromatic N) is 1. The molecule has 0 radical (unpaired) electrons. The zero-order valence-corrected chi connectivity index (χ0v) is 8.79. The number of methoxy groups -OCH3 is 1. The SMILES string of the molecule is COc1nc(I)ccc1OC(F)F. The van der Waals surface area contributed by atoms with Crippen LogP contribution in [0.15, 0.2) is 12.1 Å². The number of ether oxygens (including phenoxy) is 2. The second kappa shape index (κ2) is 4.54. The fourth-order valence-electron chi connectivity index (χ4n) is 0.737. The van der Waals surface area contributed by atoms with Crippen LogP contribution in [0.2, 0.25) is 0 Å². The molecular formula is C7H6F2INO2. The molecular weight excluding hydrogens is 295 g/mol. The number of hydrogen-bond acceptors (Lipinski definition) is 3. The van der Waals surface area contributed by atoms with Gasteiger partial charge in [-0.05, 0) is 34.7 Å². The van der Waals surface area contributed by atoms with Crippen molar-refractivity contribution < 1.29 is 18.3 Å². The van der Waals surface area contributed by atoms with Crippen molar-refractivity contribution in [1.29, 1.82) is 0 Å². The van der Waals surface area contributed by atoms with E-state index in [-0.39, 0.29) is 11.6 Å². The minimum Gasteiger partial charge on any atom is -0.478 e. The Kier molecular flexibility index (Phi) is 3.64. The van der Waals surface area contributed by atoms with Gasteiger partial charge < -0.3 is 9.47 Å². The first kappa shape index (κ1) is 10.4. The highest BCUT2D eigenvalue weighted by Crippen LogP contribution is 2.26. The number of halogens is 3. The fraction of sp³-hybridized carbons (Fsp3) is 0.286. The molecule has 1 heterocycles. The van der Waals surface area contributed by atoms with Gasteiger partial charge in [0.1, 0.15) is 3.70 Å². The molecule has 0 atom stereocenters. The maximum Gasteiger partial charge on any atom is 0.387 e. The van der Waals surface area contributed by atoms with E-state index in [9.17, 15) is 8.78 Å².